The quantitative estimate of drug-likeness (QED) is 0.525. The van der Waals surface area contributed by atoms with Gasteiger partial charge in [-0.3, -0.25) is 4.79 Å². The first-order chi connectivity index (χ1) is 15.4. The van der Waals surface area contributed by atoms with E-state index in [0.717, 1.165) is 37.7 Å². The summed E-state index contributed by atoms with van der Waals surface area (Å²) in [6.45, 7) is 6.38. The van der Waals surface area contributed by atoms with Crippen LogP contribution in [0.4, 0.5) is 0 Å². The fourth-order valence-corrected chi connectivity index (χ4v) is 6.90. The predicted octanol–water partition coefficient (Wildman–Crippen LogP) is 4.51. The monoisotopic (exact) mass is 437 g/mol. The van der Waals surface area contributed by atoms with Gasteiger partial charge in [0.05, 0.1) is 11.6 Å². The minimum atomic E-state index is -0.490. The van der Waals surface area contributed by atoms with E-state index in [0.29, 0.717) is 18.3 Å². The van der Waals surface area contributed by atoms with Crippen molar-refractivity contribution in [3.05, 3.63) is 42.0 Å². The highest BCUT2D eigenvalue weighted by Crippen LogP contribution is 2.65. The molecule has 0 spiro atoms. The largest absolute Gasteiger partial charge is 0.456 e. The van der Waals surface area contributed by atoms with Crippen LogP contribution < -0.4 is 5.32 Å². The molecule has 5 nitrogen and oxygen atoms in total. The molecule has 2 unspecified atom stereocenters. The van der Waals surface area contributed by atoms with Crippen LogP contribution in [-0.4, -0.2) is 35.2 Å². The van der Waals surface area contributed by atoms with Gasteiger partial charge in [0.2, 0.25) is 5.91 Å². The molecule has 2 bridgehead atoms. The topological polar surface area (TPSA) is 64.6 Å². The Morgan fingerprint density at radius 2 is 1.94 bits per heavy atom. The third-order valence-electron chi connectivity index (χ3n) is 8.63. The van der Waals surface area contributed by atoms with Crippen molar-refractivity contribution in [2.24, 2.45) is 23.7 Å². The van der Waals surface area contributed by atoms with Crippen molar-refractivity contribution in [1.29, 1.82) is 0 Å². The second kappa shape index (κ2) is 8.02. The van der Waals surface area contributed by atoms with Crippen LogP contribution >= 0.6 is 0 Å². The van der Waals surface area contributed by atoms with E-state index in [2.05, 4.69) is 19.2 Å². The standard InChI is InChI=1S/C27H35NO4/c1-4-22(29)28-21-16-27(19-12-13-19)25(24-17(2)10-14-20(24)26(21,3)32-27)31-23(30)15-11-18-8-6-5-7-9-18/h5-9,11,15,17,19-21,24-25H,4,10,12-14,16H2,1-3H3,(H,28,29)/b15-11+/t17?,20-,21-,24?,25+,26+,27-/m1/s1. The molecule has 0 radical (unpaired) electrons. The summed E-state index contributed by atoms with van der Waals surface area (Å²) in [6.07, 6.45) is 8.66. The lowest BCUT2D eigenvalue weighted by molar-refractivity contribution is -0.252. The molecule has 5 heteroatoms. The van der Waals surface area contributed by atoms with Gasteiger partial charge < -0.3 is 14.8 Å². The molecule has 172 valence electrons. The van der Waals surface area contributed by atoms with Gasteiger partial charge in [-0.05, 0) is 62.0 Å². The maximum absolute atomic E-state index is 13.0. The molecule has 2 saturated heterocycles. The number of benzene rings is 1. The van der Waals surface area contributed by atoms with E-state index in [-0.39, 0.29) is 35.9 Å². The van der Waals surface area contributed by atoms with Crippen LogP contribution in [0.1, 0.15) is 64.9 Å². The summed E-state index contributed by atoms with van der Waals surface area (Å²) in [5.41, 5.74) is 0.0892. The summed E-state index contributed by atoms with van der Waals surface area (Å²) >= 11 is 0. The fraction of sp³-hybridized carbons (Fsp3) is 0.630. The Morgan fingerprint density at radius 3 is 2.62 bits per heavy atom. The Bertz CT molecular complexity index is 909. The molecule has 32 heavy (non-hydrogen) atoms. The van der Waals surface area contributed by atoms with Gasteiger partial charge in [0.15, 0.2) is 0 Å². The van der Waals surface area contributed by atoms with E-state index < -0.39 is 11.2 Å². The first kappa shape index (κ1) is 21.7. The number of esters is 1. The number of nitrogens with one attached hydrogen (secondary N) is 1. The maximum atomic E-state index is 13.0. The average molecular weight is 438 g/mol. The van der Waals surface area contributed by atoms with Crippen molar-refractivity contribution in [3.63, 3.8) is 0 Å². The van der Waals surface area contributed by atoms with Crippen LogP contribution in [0.2, 0.25) is 0 Å². The molecule has 4 aliphatic rings. The number of fused-ring (bicyclic) bond motifs is 4. The zero-order chi connectivity index (χ0) is 22.5. The number of carbonyl (C=O) groups excluding carboxylic acids is 2. The lowest BCUT2D eigenvalue weighted by Crippen LogP contribution is -2.62. The highest BCUT2D eigenvalue weighted by atomic mass is 16.6. The summed E-state index contributed by atoms with van der Waals surface area (Å²) in [4.78, 5) is 25.4. The van der Waals surface area contributed by atoms with E-state index in [4.69, 9.17) is 9.47 Å². The van der Waals surface area contributed by atoms with Crippen LogP contribution in [0.5, 0.6) is 0 Å². The molecule has 2 saturated carbocycles. The lowest BCUT2D eigenvalue weighted by atomic mass is 9.70. The highest BCUT2D eigenvalue weighted by Gasteiger charge is 2.73. The molecule has 2 aliphatic carbocycles. The molecule has 2 aliphatic heterocycles. The molecule has 7 atom stereocenters. The normalized spacial score (nSPS) is 40.3. The Morgan fingerprint density at radius 1 is 1.19 bits per heavy atom. The molecule has 0 aromatic heterocycles. The second-order valence-electron chi connectivity index (χ2n) is 10.5. The van der Waals surface area contributed by atoms with Crippen molar-refractivity contribution in [3.8, 4) is 0 Å². The highest BCUT2D eigenvalue weighted by molar-refractivity contribution is 5.87. The first-order valence-corrected chi connectivity index (χ1v) is 12.3. The van der Waals surface area contributed by atoms with Crippen molar-refractivity contribution in [2.75, 3.05) is 0 Å². The number of ether oxygens (including phenoxy) is 2. The van der Waals surface area contributed by atoms with Gasteiger partial charge in [-0.15, -0.1) is 0 Å². The fourth-order valence-electron chi connectivity index (χ4n) is 6.90. The van der Waals surface area contributed by atoms with Gasteiger partial charge in [0.25, 0.3) is 0 Å². The predicted molar refractivity (Wildman–Crippen MR) is 123 cm³/mol. The molecule has 5 rings (SSSR count). The Hall–Kier alpha value is -2.14. The molecule has 2 heterocycles. The molecule has 1 aromatic carbocycles. The second-order valence-corrected chi connectivity index (χ2v) is 10.5. The maximum Gasteiger partial charge on any atom is 0.331 e. The Kier molecular flexibility index (Phi) is 5.43. The summed E-state index contributed by atoms with van der Waals surface area (Å²) in [5.74, 6) is 1.19. The van der Waals surface area contributed by atoms with Gasteiger partial charge >= 0.3 is 5.97 Å². The van der Waals surface area contributed by atoms with E-state index in [1.165, 1.54) is 0 Å². The molecule has 1 N–H and O–H groups in total. The minimum Gasteiger partial charge on any atom is -0.456 e. The summed E-state index contributed by atoms with van der Waals surface area (Å²) < 4.78 is 13.3. The number of carbonyl (C=O) groups is 2. The third-order valence-corrected chi connectivity index (χ3v) is 8.63. The average Bonchev–Trinajstić information content (AvgIpc) is 3.52. The summed E-state index contributed by atoms with van der Waals surface area (Å²) in [5, 5.41) is 3.28. The lowest BCUT2D eigenvalue weighted by Gasteiger charge is -2.52. The molecular formula is C27H35NO4. The Balaban J connectivity index is 1.45. The van der Waals surface area contributed by atoms with E-state index in [9.17, 15) is 9.59 Å². The van der Waals surface area contributed by atoms with Crippen molar-refractivity contribution in [1.82, 2.24) is 5.32 Å². The van der Waals surface area contributed by atoms with Gasteiger partial charge in [-0.2, -0.15) is 0 Å². The Labute approximate surface area is 190 Å². The van der Waals surface area contributed by atoms with Crippen LogP contribution in [0.25, 0.3) is 6.08 Å². The SMILES string of the molecule is CCC(=O)N[C@@H]1C[C@]2(C3CC3)O[C@@]1(C)[C@@H]1CCC(C)C1[C@@H]2OC(=O)/C=C/c1ccccc1. The summed E-state index contributed by atoms with van der Waals surface area (Å²) in [7, 11) is 0. The first-order valence-electron chi connectivity index (χ1n) is 12.3. The van der Waals surface area contributed by atoms with Crippen molar-refractivity contribution < 1.29 is 19.1 Å². The third kappa shape index (κ3) is 3.49. The van der Waals surface area contributed by atoms with Crippen LogP contribution in [0.3, 0.4) is 0 Å². The number of amides is 1. The van der Waals surface area contributed by atoms with E-state index >= 15 is 0 Å². The van der Waals surface area contributed by atoms with Crippen molar-refractivity contribution in [2.45, 2.75) is 82.6 Å². The minimum absolute atomic E-state index is 0.0306. The van der Waals surface area contributed by atoms with E-state index in [1.54, 1.807) is 6.08 Å². The zero-order valence-electron chi connectivity index (χ0n) is 19.4. The van der Waals surface area contributed by atoms with Gasteiger partial charge in [0, 0.05) is 24.8 Å². The number of rotatable bonds is 6. The number of hydrogen-bond donors (Lipinski definition) is 1. The van der Waals surface area contributed by atoms with Gasteiger partial charge in [0.1, 0.15) is 11.7 Å². The summed E-state index contributed by atoms with van der Waals surface area (Å²) in [6, 6.07) is 9.78. The van der Waals surface area contributed by atoms with Gasteiger partial charge in [-0.25, -0.2) is 4.79 Å². The number of hydrogen-bond acceptors (Lipinski definition) is 4. The molecule has 4 fully saturated rings. The van der Waals surface area contributed by atoms with Crippen LogP contribution in [-0.2, 0) is 19.1 Å². The van der Waals surface area contributed by atoms with Crippen LogP contribution in [0, 0.1) is 23.7 Å². The molecule has 1 aromatic rings. The smallest absolute Gasteiger partial charge is 0.331 e. The van der Waals surface area contributed by atoms with Crippen LogP contribution in [0.15, 0.2) is 36.4 Å². The zero-order valence-corrected chi connectivity index (χ0v) is 19.4. The molecular weight excluding hydrogens is 402 g/mol. The van der Waals surface area contributed by atoms with Gasteiger partial charge in [-0.1, -0.05) is 44.2 Å². The molecule has 1 amide bonds. The van der Waals surface area contributed by atoms with E-state index in [1.807, 2.05) is 43.3 Å². The van der Waals surface area contributed by atoms with Crippen molar-refractivity contribution >= 4 is 18.0 Å².